The van der Waals surface area contributed by atoms with Gasteiger partial charge in [-0.1, -0.05) is 103 Å². The highest BCUT2D eigenvalue weighted by Crippen LogP contribution is 2.43. The topological polar surface area (TPSA) is 17.0 Å². The maximum absolute atomic E-state index is 3.88. The van der Waals surface area contributed by atoms with E-state index in [4.69, 9.17) is 0 Å². The molecule has 4 heteroatoms. The highest BCUT2D eigenvalue weighted by atomic mass is 32.1. The smallest absolute Gasteiger partial charge is 0.197 e. The third-order valence-electron chi connectivity index (χ3n) is 9.53. The number of rotatable bonds is 3. The maximum atomic E-state index is 3.88. The van der Waals surface area contributed by atoms with Crippen molar-refractivity contribution in [3.8, 4) is 16.8 Å². The van der Waals surface area contributed by atoms with E-state index < -0.39 is 0 Å². The number of nitrogens with zero attached hydrogens (tertiary/aromatic N) is 1. The largest absolute Gasteiger partial charge is 0.355 e. The minimum atomic E-state index is 1.12. The molecule has 0 spiro atoms. The van der Waals surface area contributed by atoms with Gasteiger partial charge in [0.1, 0.15) is 0 Å². The second kappa shape index (κ2) is 9.34. The van der Waals surface area contributed by atoms with Gasteiger partial charge in [-0.05, 0) is 65.3 Å². The molecule has 10 rings (SSSR count). The van der Waals surface area contributed by atoms with E-state index in [1.165, 1.54) is 86.1 Å². The SMILES string of the molecule is Cc1ccccc1Nc1cc2sc3ccccc3c2cc1-c1cc2ccccc2c2c1[B]c1cccc3c4ccccc4n-2c13. The molecule has 0 saturated heterocycles. The summed E-state index contributed by atoms with van der Waals surface area (Å²) in [5.74, 6) is 0. The fourth-order valence-electron chi connectivity index (χ4n) is 7.46. The predicted molar refractivity (Wildman–Crippen MR) is 196 cm³/mol. The first kappa shape index (κ1) is 25.1. The zero-order valence-electron chi connectivity index (χ0n) is 24.6. The minimum Gasteiger partial charge on any atom is -0.355 e. The molecule has 0 atom stereocenters. The van der Waals surface area contributed by atoms with E-state index in [1.807, 2.05) is 11.3 Å². The molecule has 2 aromatic heterocycles. The van der Waals surface area contributed by atoms with Crippen LogP contribution in [0.15, 0.2) is 133 Å². The summed E-state index contributed by atoms with van der Waals surface area (Å²) >= 11 is 1.86. The summed E-state index contributed by atoms with van der Waals surface area (Å²) < 4.78 is 5.13. The molecule has 0 fully saturated rings. The van der Waals surface area contributed by atoms with Crippen LogP contribution in [0.1, 0.15) is 5.56 Å². The van der Waals surface area contributed by atoms with Crippen LogP contribution in [-0.2, 0) is 0 Å². The Morgan fingerprint density at radius 2 is 1.33 bits per heavy atom. The number of aryl methyl sites for hydroxylation is 1. The Hall–Kier alpha value is -5.32. The van der Waals surface area contributed by atoms with Crippen molar-refractivity contribution >= 4 is 93.7 Å². The molecule has 1 N–H and O–H groups in total. The summed E-state index contributed by atoms with van der Waals surface area (Å²) in [6, 6.07) is 49.0. The van der Waals surface area contributed by atoms with Gasteiger partial charge in [-0.25, -0.2) is 0 Å². The normalized spacial score (nSPS) is 12.3. The predicted octanol–water partition coefficient (Wildman–Crippen LogP) is 9.99. The Labute approximate surface area is 265 Å². The van der Waals surface area contributed by atoms with E-state index in [1.54, 1.807) is 0 Å². The summed E-state index contributed by atoms with van der Waals surface area (Å²) in [6.07, 6.45) is 0. The van der Waals surface area contributed by atoms with Crippen molar-refractivity contribution in [3.05, 3.63) is 139 Å². The minimum absolute atomic E-state index is 1.12. The number of thiophene rings is 1. The average Bonchev–Trinajstić information content (AvgIpc) is 3.61. The number of benzene rings is 7. The fourth-order valence-corrected chi connectivity index (χ4v) is 8.59. The molecule has 2 nitrogen and oxygen atoms in total. The zero-order valence-corrected chi connectivity index (χ0v) is 25.5. The molecule has 1 radical (unpaired) electrons. The van der Waals surface area contributed by atoms with Crippen LogP contribution in [0, 0.1) is 6.92 Å². The molecule has 1 aliphatic rings. The van der Waals surface area contributed by atoms with Crippen molar-refractivity contribution in [1.82, 2.24) is 4.57 Å². The quantitative estimate of drug-likeness (QED) is 0.203. The van der Waals surface area contributed by atoms with Crippen molar-refractivity contribution in [3.63, 3.8) is 0 Å². The summed E-state index contributed by atoms with van der Waals surface area (Å²) in [5, 5.41) is 11.6. The van der Waals surface area contributed by atoms with Crippen LogP contribution in [0.3, 0.4) is 0 Å². The highest BCUT2D eigenvalue weighted by Gasteiger charge is 2.28. The van der Waals surface area contributed by atoms with Gasteiger partial charge < -0.3 is 9.88 Å². The molecule has 0 bridgehead atoms. The lowest BCUT2D eigenvalue weighted by Crippen LogP contribution is -2.37. The zero-order chi connectivity index (χ0) is 29.6. The van der Waals surface area contributed by atoms with E-state index in [9.17, 15) is 0 Å². The molecule has 0 aliphatic carbocycles. The van der Waals surface area contributed by atoms with Gasteiger partial charge in [-0.3, -0.25) is 0 Å². The molecule has 3 heterocycles. The fraction of sp³-hybridized carbons (Fsp3) is 0.0244. The summed E-state index contributed by atoms with van der Waals surface area (Å²) in [7, 11) is 2.42. The van der Waals surface area contributed by atoms with Crippen LogP contribution < -0.4 is 16.2 Å². The second-order valence-corrected chi connectivity index (χ2v) is 13.2. The molecule has 0 saturated carbocycles. The summed E-state index contributed by atoms with van der Waals surface area (Å²) in [4.78, 5) is 0. The maximum Gasteiger partial charge on any atom is 0.197 e. The van der Waals surface area contributed by atoms with Gasteiger partial charge >= 0.3 is 0 Å². The lowest BCUT2D eigenvalue weighted by molar-refractivity contribution is 1.21. The Morgan fingerprint density at radius 1 is 0.578 bits per heavy atom. The standard InChI is InChI=1S/C41H26BN2S/c1-24-11-2-7-18-34(24)43-35-23-38-31(28-15-6-9-20-37(28)45-38)22-30(35)32-21-25-12-3-4-13-26(25)41-39(32)42-33-17-10-16-29-27-14-5-8-19-36(27)44(41)40(29)33/h2-23,43H,1H3. The van der Waals surface area contributed by atoms with E-state index >= 15 is 0 Å². The van der Waals surface area contributed by atoms with E-state index in [-0.39, 0.29) is 0 Å². The third kappa shape index (κ3) is 3.57. The molecular weight excluding hydrogens is 563 g/mol. The van der Waals surface area contributed by atoms with Crippen LogP contribution in [0.25, 0.3) is 69.6 Å². The average molecular weight is 590 g/mol. The first-order valence-corrected chi connectivity index (χ1v) is 16.3. The second-order valence-electron chi connectivity index (χ2n) is 12.1. The lowest BCUT2D eigenvalue weighted by Gasteiger charge is -2.26. The van der Waals surface area contributed by atoms with Crippen LogP contribution in [-0.4, -0.2) is 11.8 Å². The number of nitrogens with one attached hydrogen (secondary N) is 1. The Balaban J connectivity index is 1.35. The molecule has 9 aromatic rings. The number of fused-ring (bicyclic) bond motifs is 10. The van der Waals surface area contributed by atoms with Crippen molar-refractivity contribution < 1.29 is 0 Å². The summed E-state index contributed by atoms with van der Waals surface area (Å²) in [5.41, 5.74) is 12.2. The first-order valence-electron chi connectivity index (χ1n) is 15.4. The Kier molecular flexibility index (Phi) is 5.20. The van der Waals surface area contributed by atoms with Gasteiger partial charge in [-0.15, -0.1) is 11.3 Å². The summed E-state index contributed by atoms with van der Waals surface area (Å²) in [6.45, 7) is 2.17. The van der Waals surface area contributed by atoms with Crippen LogP contribution in [0.2, 0.25) is 0 Å². The van der Waals surface area contributed by atoms with Crippen molar-refractivity contribution in [1.29, 1.82) is 0 Å². The van der Waals surface area contributed by atoms with E-state index in [0.29, 0.717) is 0 Å². The lowest BCUT2D eigenvalue weighted by atomic mass is 9.58. The van der Waals surface area contributed by atoms with Crippen LogP contribution in [0.5, 0.6) is 0 Å². The number of para-hydroxylation sites is 3. The van der Waals surface area contributed by atoms with E-state index in [0.717, 1.165) is 11.4 Å². The Morgan fingerprint density at radius 3 is 2.24 bits per heavy atom. The van der Waals surface area contributed by atoms with E-state index in [2.05, 4.69) is 158 Å². The van der Waals surface area contributed by atoms with Gasteiger partial charge in [0, 0.05) is 64.5 Å². The Bertz CT molecular complexity index is 2680. The van der Waals surface area contributed by atoms with Gasteiger partial charge in [0.2, 0.25) is 0 Å². The number of hydrogen-bond donors (Lipinski definition) is 1. The molecule has 0 unspecified atom stereocenters. The number of aromatic nitrogens is 1. The van der Waals surface area contributed by atoms with Crippen LogP contribution in [0.4, 0.5) is 11.4 Å². The first-order chi connectivity index (χ1) is 22.2. The number of anilines is 2. The highest BCUT2D eigenvalue weighted by molar-refractivity contribution is 7.25. The molecule has 1 aliphatic heterocycles. The van der Waals surface area contributed by atoms with Crippen molar-refractivity contribution in [2.45, 2.75) is 6.92 Å². The van der Waals surface area contributed by atoms with Crippen molar-refractivity contribution in [2.75, 3.05) is 5.32 Å². The molecule has 45 heavy (non-hydrogen) atoms. The molecular formula is C41H26BN2S. The monoisotopic (exact) mass is 589 g/mol. The van der Waals surface area contributed by atoms with Crippen LogP contribution >= 0.6 is 11.3 Å². The molecule has 0 amide bonds. The van der Waals surface area contributed by atoms with Crippen molar-refractivity contribution in [2.24, 2.45) is 0 Å². The molecule has 7 aromatic carbocycles. The van der Waals surface area contributed by atoms with Gasteiger partial charge in [0.05, 0.1) is 5.52 Å². The van der Waals surface area contributed by atoms with Gasteiger partial charge in [-0.2, -0.15) is 0 Å². The molecule has 209 valence electrons. The van der Waals surface area contributed by atoms with Gasteiger partial charge in [0.25, 0.3) is 0 Å². The number of hydrogen-bond acceptors (Lipinski definition) is 2. The third-order valence-corrected chi connectivity index (χ3v) is 10.7. The van der Waals surface area contributed by atoms with Gasteiger partial charge in [0.15, 0.2) is 7.28 Å².